The summed E-state index contributed by atoms with van der Waals surface area (Å²) in [5.41, 5.74) is -0.000115. The molecule has 1 atom stereocenters. The molecular weight excluding hydrogens is 186 g/mol. The minimum Gasteiger partial charge on any atom is -0.375 e. The van der Waals surface area contributed by atoms with Gasteiger partial charge in [0.1, 0.15) is 0 Å². The van der Waals surface area contributed by atoms with Crippen LogP contribution in [0.2, 0.25) is 0 Å². The van der Waals surface area contributed by atoms with E-state index < -0.39 is 0 Å². The summed E-state index contributed by atoms with van der Waals surface area (Å²) in [7, 11) is 0. The topological polar surface area (TPSA) is 21.3 Å². The van der Waals surface area contributed by atoms with E-state index in [1.54, 1.807) is 0 Å². The van der Waals surface area contributed by atoms with E-state index in [1.165, 1.54) is 25.7 Å². The minimum absolute atomic E-state index is 0.000115. The smallest absolute Gasteiger partial charge is 0.0599 e. The molecular formula is C13H27NO. The van der Waals surface area contributed by atoms with Gasteiger partial charge in [-0.1, -0.05) is 19.8 Å². The van der Waals surface area contributed by atoms with E-state index in [0.29, 0.717) is 6.04 Å². The lowest BCUT2D eigenvalue weighted by molar-refractivity contribution is -0.00178. The molecule has 2 nitrogen and oxygen atoms in total. The summed E-state index contributed by atoms with van der Waals surface area (Å²) in [6.07, 6.45) is 5.52. The van der Waals surface area contributed by atoms with Crippen molar-refractivity contribution in [3.05, 3.63) is 0 Å². The molecule has 1 rings (SSSR count). The van der Waals surface area contributed by atoms with Gasteiger partial charge in [-0.15, -0.1) is 0 Å². The molecule has 1 unspecified atom stereocenters. The maximum Gasteiger partial charge on any atom is 0.0599 e. The molecule has 1 saturated carbocycles. The molecule has 0 aromatic rings. The summed E-state index contributed by atoms with van der Waals surface area (Å²) < 4.78 is 5.68. The second-order valence-corrected chi connectivity index (χ2v) is 5.70. The van der Waals surface area contributed by atoms with Crippen LogP contribution in [0.1, 0.15) is 53.4 Å². The molecule has 90 valence electrons. The fraction of sp³-hybridized carbons (Fsp3) is 1.00. The van der Waals surface area contributed by atoms with Crippen LogP contribution < -0.4 is 5.32 Å². The van der Waals surface area contributed by atoms with Crippen LogP contribution in [-0.2, 0) is 4.74 Å². The SMILES string of the molecule is CCC(CC1CC1)NCCOC(C)(C)C. The minimum atomic E-state index is -0.000115. The number of hydrogen-bond acceptors (Lipinski definition) is 2. The molecule has 0 spiro atoms. The van der Waals surface area contributed by atoms with E-state index in [1.807, 2.05) is 0 Å². The molecule has 0 aliphatic heterocycles. The van der Waals surface area contributed by atoms with Gasteiger partial charge in [-0.05, 0) is 39.5 Å². The van der Waals surface area contributed by atoms with Gasteiger partial charge in [0.2, 0.25) is 0 Å². The molecule has 1 N–H and O–H groups in total. The van der Waals surface area contributed by atoms with E-state index in [2.05, 4.69) is 33.0 Å². The summed E-state index contributed by atoms with van der Waals surface area (Å²) in [5.74, 6) is 1.02. The van der Waals surface area contributed by atoms with Crippen molar-refractivity contribution in [3.8, 4) is 0 Å². The summed E-state index contributed by atoms with van der Waals surface area (Å²) in [6.45, 7) is 10.4. The molecule has 1 aliphatic carbocycles. The van der Waals surface area contributed by atoms with Crippen molar-refractivity contribution in [3.63, 3.8) is 0 Å². The summed E-state index contributed by atoms with van der Waals surface area (Å²) in [4.78, 5) is 0. The standard InChI is InChI=1S/C13H27NO/c1-5-12(10-11-6-7-11)14-8-9-15-13(2,3)4/h11-12,14H,5-10H2,1-4H3. The zero-order valence-corrected chi connectivity index (χ0v) is 10.8. The number of nitrogens with one attached hydrogen (secondary N) is 1. The van der Waals surface area contributed by atoms with Gasteiger partial charge in [0.05, 0.1) is 12.2 Å². The average molecular weight is 213 g/mol. The van der Waals surface area contributed by atoms with Gasteiger partial charge in [-0.3, -0.25) is 0 Å². The van der Waals surface area contributed by atoms with Crippen LogP contribution in [0.15, 0.2) is 0 Å². The van der Waals surface area contributed by atoms with Gasteiger partial charge < -0.3 is 10.1 Å². The Morgan fingerprint density at radius 3 is 2.47 bits per heavy atom. The van der Waals surface area contributed by atoms with Crippen molar-refractivity contribution in [2.45, 2.75) is 65.0 Å². The second-order valence-electron chi connectivity index (χ2n) is 5.70. The Labute approximate surface area is 94.8 Å². The van der Waals surface area contributed by atoms with E-state index in [0.717, 1.165) is 19.1 Å². The highest BCUT2D eigenvalue weighted by Gasteiger charge is 2.24. The van der Waals surface area contributed by atoms with E-state index in [9.17, 15) is 0 Å². The molecule has 0 saturated heterocycles. The van der Waals surface area contributed by atoms with Crippen LogP contribution in [0.25, 0.3) is 0 Å². The van der Waals surface area contributed by atoms with E-state index in [-0.39, 0.29) is 5.60 Å². The van der Waals surface area contributed by atoms with Crippen LogP contribution in [0.3, 0.4) is 0 Å². The maximum absolute atomic E-state index is 5.68. The highest BCUT2D eigenvalue weighted by molar-refractivity contribution is 4.79. The zero-order valence-electron chi connectivity index (χ0n) is 10.8. The number of hydrogen-bond donors (Lipinski definition) is 1. The molecule has 0 heterocycles. The van der Waals surface area contributed by atoms with Crippen LogP contribution >= 0.6 is 0 Å². The molecule has 0 aromatic carbocycles. The number of ether oxygens (including phenoxy) is 1. The Balaban J connectivity index is 2.01. The van der Waals surface area contributed by atoms with Crippen LogP contribution in [0.5, 0.6) is 0 Å². The molecule has 0 bridgehead atoms. The lowest BCUT2D eigenvalue weighted by atomic mass is 10.1. The summed E-state index contributed by atoms with van der Waals surface area (Å²) in [5, 5.41) is 3.59. The van der Waals surface area contributed by atoms with Gasteiger partial charge in [0.25, 0.3) is 0 Å². The van der Waals surface area contributed by atoms with Crippen molar-refractivity contribution in [2.75, 3.05) is 13.2 Å². The summed E-state index contributed by atoms with van der Waals surface area (Å²) in [6, 6.07) is 0.709. The molecule has 1 fully saturated rings. The van der Waals surface area contributed by atoms with Gasteiger partial charge in [-0.25, -0.2) is 0 Å². The van der Waals surface area contributed by atoms with Crippen LogP contribution in [-0.4, -0.2) is 24.8 Å². The predicted molar refractivity (Wildman–Crippen MR) is 65.1 cm³/mol. The first kappa shape index (κ1) is 13.0. The number of rotatable bonds is 7. The molecule has 0 aromatic heterocycles. The summed E-state index contributed by atoms with van der Waals surface area (Å²) >= 11 is 0. The predicted octanol–water partition coefficient (Wildman–Crippen LogP) is 2.97. The molecule has 15 heavy (non-hydrogen) atoms. The molecule has 0 radical (unpaired) electrons. The lowest BCUT2D eigenvalue weighted by Crippen LogP contribution is -2.33. The van der Waals surface area contributed by atoms with Crippen molar-refractivity contribution >= 4 is 0 Å². The average Bonchev–Trinajstić information content (AvgIpc) is 2.92. The fourth-order valence-corrected chi connectivity index (χ4v) is 1.77. The van der Waals surface area contributed by atoms with Gasteiger partial charge in [0, 0.05) is 12.6 Å². The van der Waals surface area contributed by atoms with Gasteiger partial charge in [0.15, 0.2) is 0 Å². The third-order valence-electron chi connectivity index (χ3n) is 2.88. The molecule has 2 heteroatoms. The second kappa shape index (κ2) is 5.86. The Kier molecular flexibility index (Phi) is 5.07. The molecule has 1 aliphatic rings. The van der Waals surface area contributed by atoms with Gasteiger partial charge in [-0.2, -0.15) is 0 Å². The third kappa shape index (κ3) is 6.91. The first-order valence-electron chi connectivity index (χ1n) is 6.38. The normalized spacial score (nSPS) is 19.2. The van der Waals surface area contributed by atoms with E-state index in [4.69, 9.17) is 4.74 Å². The van der Waals surface area contributed by atoms with Gasteiger partial charge >= 0.3 is 0 Å². The highest BCUT2D eigenvalue weighted by atomic mass is 16.5. The fourth-order valence-electron chi connectivity index (χ4n) is 1.77. The Morgan fingerprint density at radius 2 is 2.00 bits per heavy atom. The van der Waals surface area contributed by atoms with Crippen molar-refractivity contribution in [1.82, 2.24) is 5.32 Å². The van der Waals surface area contributed by atoms with Crippen molar-refractivity contribution < 1.29 is 4.74 Å². The van der Waals surface area contributed by atoms with Crippen LogP contribution in [0, 0.1) is 5.92 Å². The van der Waals surface area contributed by atoms with Crippen molar-refractivity contribution in [1.29, 1.82) is 0 Å². The third-order valence-corrected chi connectivity index (χ3v) is 2.88. The Morgan fingerprint density at radius 1 is 1.33 bits per heavy atom. The quantitative estimate of drug-likeness (QED) is 0.656. The maximum atomic E-state index is 5.68. The molecule has 0 amide bonds. The largest absolute Gasteiger partial charge is 0.375 e. The first-order valence-corrected chi connectivity index (χ1v) is 6.38. The highest BCUT2D eigenvalue weighted by Crippen LogP contribution is 2.33. The monoisotopic (exact) mass is 213 g/mol. The van der Waals surface area contributed by atoms with E-state index >= 15 is 0 Å². The Hall–Kier alpha value is -0.0800. The van der Waals surface area contributed by atoms with Crippen LogP contribution in [0.4, 0.5) is 0 Å². The zero-order chi connectivity index (χ0) is 11.3. The van der Waals surface area contributed by atoms with Crippen molar-refractivity contribution in [2.24, 2.45) is 5.92 Å². The first-order chi connectivity index (χ1) is 7.01. The lowest BCUT2D eigenvalue weighted by Gasteiger charge is -2.21. The Bertz CT molecular complexity index is 170.